The molecule has 29 heavy (non-hydrogen) atoms. The molecule has 0 aliphatic carbocycles. The van der Waals surface area contributed by atoms with Crippen LogP contribution in [0.15, 0.2) is 60.7 Å². The highest BCUT2D eigenvalue weighted by atomic mass is 16.1. The van der Waals surface area contributed by atoms with Crippen LogP contribution >= 0.6 is 0 Å². The van der Waals surface area contributed by atoms with Crippen molar-refractivity contribution in [3.8, 4) is 0 Å². The van der Waals surface area contributed by atoms with Crippen LogP contribution in [0.4, 0.5) is 0 Å². The van der Waals surface area contributed by atoms with E-state index in [0.29, 0.717) is 6.67 Å². The summed E-state index contributed by atoms with van der Waals surface area (Å²) in [6, 6.07) is 20.7. The second kappa shape index (κ2) is 9.14. The SMILES string of the molecule is CC(C)(C)NCCCN1CN(CC(N)=O)C(c2ccccc2)=C1c1ccccc1. The molecule has 2 aromatic carbocycles. The van der Waals surface area contributed by atoms with Gasteiger partial charge in [-0.1, -0.05) is 60.7 Å². The van der Waals surface area contributed by atoms with Gasteiger partial charge in [-0.3, -0.25) is 4.79 Å². The molecule has 0 saturated heterocycles. The Balaban J connectivity index is 1.95. The molecule has 3 rings (SSSR count). The van der Waals surface area contributed by atoms with Gasteiger partial charge in [0.15, 0.2) is 0 Å². The second-order valence-corrected chi connectivity index (χ2v) is 8.53. The maximum absolute atomic E-state index is 11.8. The number of nitrogens with zero attached hydrogens (tertiary/aromatic N) is 2. The standard InChI is InChI=1S/C24H32N4O/c1-24(2,3)26-15-10-16-27-18-28(17-21(25)29)23(20-13-8-5-9-14-20)22(27)19-11-6-4-7-12-19/h4-9,11-14,26H,10,15-18H2,1-3H3,(H2,25,29). The van der Waals surface area contributed by atoms with Crippen LogP contribution in [-0.4, -0.2) is 47.5 Å². The summed E-state index contributed by atoms with van der Waals surface area (Å²) in [7, 11) is 0. The third kappa shape index (κ3) is 5.61. The van der Waals surface area contributed by atoms with Gasteiger partial charge >= 0.3 is 0 Å². The molecule has 2 aromatic rings. The van der Waals surface area contributed by atoms with Crippen LogP contribution in [-0.2, 0) is 4.79 Å². The lowest BCUT2D eigenvalue weighted by Crippen LogP contribution is -2.38. The van der Waals surface area contributed by atoms with E-state index in [1.54, 1.807) is 0 Å². The fourth-order valence-electron chi connectivity index (χ4n) is 3.71. The number of benzene rings is 2. The summed E-state index contributed by atoms with van der Waals surface area (Å²) in [5, 5.41) is 3.56. The average Bonchev–Trinajstić information content (AvgIpc) is 3.03. The summed E-state index contributed by atoms with van der Waals surface area (Å²) in [4.78, 5) is 16.2. The van der Waals surface area contributed by atoms with E-state index in [1.165, 1.54) is 0 Å². The van der Waals surface area contributed by atoms with Gasteiger partial charge in [-0.25, -0.2) is 0 Å². The van der Waals surface area contributed by atoms with Gasteiger partial charge in [-0.2, -0.15) is 0 Å². The molecule has 154 valence electrons. The molecule has 0 spiro atoms. The van der Waals surface area contributed by atoms with Gasteiger partial charge in [0.05, 0.1) is 24.6 Å². The zero-order valence-electron chi connectivity index (χ0n) is 17.7. The van der Waals surface area contributed by atoms with Crippen LogP contribution in [0.5, 0.6) is 0 Å². The maximum Gasteiger partial charge on any atom is 0.237 e. The fourth-order valence-corrected chi connectivity index (χ4v) is 3.71. The highest BCUT2D eigenvalue weighted by Crippen LogP contribution is 2.37. The van der Waals surface area contributed by atoms with Crippen LogP contribution < -0.4 is 11.1 Å². The van der Waals surface area contributed by atoms with E-state index in [4.69, 9.17) is 5.73 Å². The molecular formula is C24H32N4O. The minimum absolute atomic E-state index is 0.107. The lowest BCUT2D eigenvalue weighted by Gasteiger charge is -2.25. The molecule has 0 unspecified atom stereocenters. The number of amides is 1. The predicted molar refractivity (Wildman–Crippen MR) is 120 cm³/mol. The molecule has 0 saturated carbocycles. The topological polar surface area (TPSA) is 61.6 Å². The van der Waals surface area contributed by atoms with Gasteiger partial charge in [0.2, 0.25) is 5.91 Å². The predicted octanol–water partition coefficient (Wildman–Crippen LogP) is 3.35. The van der Waals surface area contributed by atoms with Gasteiger partial charge < -0.3 is 20.9 Å². The molecule has 0 bridgehead atoms. The van der Waals surface area contributed by atoms with E-state index in [9.17, 15) is 4.79 Å². The van der Waals surface area contributed by atoms with Crippen LogP contribution in [0.3, 0.4) is 0 Å². The van der Waals surface area contributed by atoms with Gasteiger partial charge in [-0.05, 0) is 39.3 Å². The Kier molecular flexibility index (Phi) is 6.60. The lowest BCUT2D eigenvalue weighted by atomic mass is 10.0. The number of nitrogens with one attached hydrogen (secondary N) is 1. The van der Waals surface area contributed by atoms with Gasteiger partial charge in [0.1, 0.15) is 0 Å². The highest BCUT2D eigenvalue weighted by molar-refractivity contribution is 5.92. The van der Waals surface area contributed by atoms with Crippen molar-refractivity contribution in [2.45, 2.75) is 32.7 Å². The molecule has 0 atom stereocenters. The summed E-state index contributed by atoms with van der Waals surface area (Å²) in [6.07, 6.45) is 1.01. The minimum atomic E-state index is -0.318. The van der Waals surface area contributed by atoms with Gasteiger partial charge in [0.25, 0.3) is 0 Å². The molecule has 1 heterocycles. The Labute approximate surface area is 174 Å². The summed E-state index contributed by atoms with van der Waals surface area (Å²) in [6.45, 7) is 9.25. The van der Waals surface area contributed by atoms with Crippen molar-refractivity contribution < 1.29 is 4.79 Å². The van der Waals surface area contributed by atoms with Crippen molar-refractivity contribution in [1.29, 1.82) is 0 Å². The summed E-state index contributed by atoms with van der Waals surface area (Å²) in [5.74, 6) is -0.318. The molecule has 3 N–H and O–H groups in total. The molecule has 5 nitrogen and oxygen atoms in total. The third-order valence-corrected chi connectivity index (χ3v) is 4.90. The molecule has 0 radical (unpaired) electrons. The number of carbonyl (C=O) groups is 1. The number of hydrogen-bond donors (Lipinski definition) is 2. The first kappa shape index (κ1) is 20.9. The van der Waals surface area contributed by atoms with Crippen molar-refractivity contribution in [2.75, 3.05) is 26.3 Å². The Morgan fingerprint density at radius 3 is 1.93 bits per heavy atom. The van der Waals surface area contributed by atoms with Crippen LogP contribution in [0, 0.1) is 0 Å². The van der Waals surface area contributed by atoms with E-state index in [0.717, 1.165) is 42.0 Å². The van der Waals surface area contributed by atoms with Gasteiger partial charge in [-0.15, -0.1) is 0 Å². The quantitative estimate of drug-likeness (QED) is 0.677. The van der Waals surface area contributed by atoms with E-state index in [-0.39, 0.29) is 18.0 Å². The first-order valence-electron chi connectivity index (χ1n) is 10.2. The van der Waals surface area contributed by atoms with Crippen molar-refractivity contribution in [3.63, 3.8) is 0 Å². The van der Waals surface area contributed by atoms with E-state index < -0.39 is 0 Å². The van der Waals surface area contributed by atoms with Crippen LogP contribution in [0.1, 0.15) is 38.3 Å². The smallest absolute Gasteiger partial charge is 0.237 e. The molecule has 1 aliphatic heterocycles. The first-order valence-corrected chi connectivity index (χ1v) is 10.2. The molecule has 1 amide bonds. The average molecular weight is 393 g/mol. The molecular weight excluding hydrogens is 360 g/mol. The van der Waals surface area contributed by atoms with Crippen molar-refractivity contribution in [1.82, 2.24) is 15.1 Å². The largest absolute Gasteiger partial charge is 0.368 e. The van der Waals surface area contributed by atoms with Crippen LogP contribution in [0.25, 0.3) is 11.4 Å². The Hall–Kier alpha value is -2.79. The van der Waals surface area contributed by atoms with Crippen molar-refractivity contribution >= 4 is 17.3 Å². The second-order valence-electron chi connectivity index (χ2n) is 8.53. The number of primary amides is 1. The number of hydrogen-bond acceptors (Lipinski definition) is 4. The maximum atomic E-state index is 11.8. The highest BCUT2D eigenvalue weighted by Gasteiger charge is 2.31. The fraction of sp³-hybridized carbons (Fsp3) is 0.375. The first-order chi connectivity index (χ1) is 13.8. The molecule has 0 aromatic heterocycles. The summed E-state index contributed by atoms with van der Waals surface area (Å²) < 4.78 is 0. The van der Waals surface area contributed by atoms with Crippen LogP contribution in [0.2, 0.25) is 0 Å². The zero-order valence-corrected chi connectivity index (χ0v) is 17.7. The van der Waals surface area contributed by atoms with Crippen molar-refractivity contribution in [2.24, 2.45) is 5.73 Å². The van der Waals surface area contributed by atoms with E-state index >= 15 is 0 Å². The van der Waals surface area contributed by atoms with E-state index in [1.807, 2.05) is 24.3 Å². The van der Waals surface area contributed by atoms with Crippen molar-refractivity contribution in [3.05, 3.63) is 71.8 Å². The Morgan fingerprint density at radius 2 is 1.45 bits per heavy atom. The normalized spacial score (nSPS) is 14.6. The summed E-state index contributed by atoms with van der Waals surface area (Å²) in [5.41, 5.74) is 10.2. The summed E-state index contributed by atoms with van der Waals surface area (Å²) >= 11 is 0. The lowest BCUT2D eigenvalue weighted by molar-refractivity contribution is -0.118. The zero-order chi connectivity index (χ0) is 20.9. The third-order valence-electron chi connectivity index (χ3n) is 4.90. The molecule has 0 fully saturated rings. The molecule has 1 aliphatic rings. The monoisotopic (exact) mass is 392 g/mol. The van der Waals surface area contributed by atoms with Gasteiger partial charge in [0, 0.05) is 17.6 Å². The number of nitrogens with two attached hydrogens (primary N) is 1. The molecule has 5 heteroatoms. The Morgan fingerprint density at radius 1 is 0.931 bits per heavy atom. The number of carbonyl (C=O) groups excluding carboxylic acids is 1. The van der Waals surface area contributed by atoms with E-state index in [2.05, 4.69) is 72.3 Å². The number of rotatable bonds is 8. The minimum Gasteiger partial charge on any atom is -0.368 e. The Bertz CT molecular complexity index is 840.